The molecule has 6 nitrogen and oxygen atoms in total. The van der Waals surface area contributed by atoms with E-state index in [1.807, 2.05) is 25.1 Å². The molecule has 112 valence electrons. The van der Waals surface area contributed by atoms with Crippen molar-refractivity contribution in [1.82, 2.24) is 20.1 Å². The number of nitrogens with one attached hydrogen (secondary N) is 1. The summed E-state index contributed by atoms with van der Waals surface area (Å²) >= 11 is 0. The summed E-state index contributed by atoms with van der Waals surface area (Å²) in [4.78, 5) is 16.3. The number of unbranched alkanes of at least 4 members (excludes halogenated alkanes) is 2. The molecule has 6 heteroatoms. The van der Waals surface area contributed by atoms with Crippen LogP contribution in [0.15, 0.2) is 30.6 Å². The molecular formula is C15H20N4O2. The lowest BCUT2D eigenvalue weighted by Gasteiger charge is -2.05. The Kier molecular flexibility index (Phi) is 5.45. The van der Waals surface area contributed by atoms with Gasteiger partial charge in [0.1, 0.15) is 0 Å². The van der Waals surface area contributed by atoms with Crippen molar-refractivity contribution in [3.05, 3.63) is 41.9 Å². The second-order valence-corrected chi connectivity index (χ2v) is 4.78. The van der Waals surface area contributed by atoms with E-state index in [0.29, 0.717) is 17.9 Å². The van der Waals surface area contributed by atoms with Crippen LogP contribution in [0, 0.1) is 6.92 Å². The van der Waals surface area contributed by atoms with Gasteiger partial charge in [0.25, 0.3) is 5.91 Å². The van der Waals surface area contributed by atoms with Crippen molar-refractivity contribution >= 4 is 5.91 Å². The summed E-state index contributed by atoms with van der Waals surface area (Å²) in [6.07, 6.45) is 5.79. The summed E-state index contributed by atoms with van der Waals surface area (Å²) in [5.41, 5.74) is 1.32. The Labute approximate surface area is 123 Å². The Bertz CT molecular complexity index is 581. The highest BCUT2D eigenvalue weighted by atomic mass is 16.2. The van der Waals surface area contributed by atoms with E-state index < -0.39 is 0 Å². The largest absolute Gasteiger partial charge is 0.396 e. The summed E-state index contributed by atoms with van der Waals surface area (Å²) < 4.78 is 1.65. The summed E-state index contributed by atoms with van der Waals surface area (Å²) in [6, 6.07) is 5.56. The fraction of sp³-hybridized carbons (Fsp3) is 0.400. The Morgan fingerprint density at radius 1 is 1.33 bits per heavy atom. The second kappa shape index (κ2) is 7.54. The molecule has 0 aliphatic rings. The van der Waals surface area contributed by atoms with Gasteiger partial charge in [0, 0.05) is 19.3 Å². The lowest BCUT2D eigenvalue weighted by molar-refractivity contribution is 0.0952. The number of hydrogen-bond donors (Lipinski definition) is 2. The van der Waals surface area contributed by atoms with Gasteiger partial charge < -0.3 is 10.4 Å². The zero-order valence-electron chi connectivity index (χ0n) is 12.1. The van der Waals surface area contributed by atoms with Crippen LogP contribution in [0.5, 0.6) is 0 Å². The van der Waals surface area contributed by atoms with Crippen molar-refractivity contribution < 1.29 is 9.90 Å². The summed E-state index contributed by atoms with van der Waals surface area (Å²) in [5, 5.41) is 15.8. The quantitative estimate of drug-likeness (QED) is 0.756. The maximum atomic E-state index is 12.1. The fourth-order valence-corrected chi connectivity index (χ4v) is 2.05. The molecule has 0 saturated heterocycles. The monoisotopic (exact) mass is 288 g/mol. The first-order valence-corrected chi connectivity index (χ1v) is 7.09. The summed E-state index contributed by atoms with van der Waals surface area (Å²) in [5.74, 6) is 0.565. The van der Waals surface area contributed by atoms with E-state index in [0.717, 1.165) is 25.0 Å². The van der Waals surface area contributed by atoms with Gasteiger partial charge in [-0.05, 0) is 38.3 Å². The SMILES string of the molecule is Cc1c(C(=O)NCCCCCO)cnn1-c1ccccn1. The zero-order chi connectivity index (χ0) is 15.1. The van der Waals surface area contributed by atoms with E-state index in [1.165, 1.54) is 0 Å². The van der Waals surface area contributed by atoms with Crippen LogP contribution < -0.4 is 5.32 Å². The average molecular weight is 288 g/mol. The second-order valence-electron chi connectivity index (χ2n) is 4.78. The first-order valence-electron chi connectivity index (χ1n) is 7.09. The Balaban J connectivity index is 1.98. The molecule has 0 radical (unpaired) electrons. The van der Waals surface area contributed by atoms with Gasteiger partial charge in [0.05, 0.1) is 17.5 Å². The molecule has 2 heterocycles. The van der Waals surface area contributed by atoms with Crippen LogP contribution in [0.25, 0.3) is 5.82 Å². The standard InChI is InChI=1S/C15H20N4O2/c1-12-13(15(21)17-9-4-2-6-10-20)11-18-19(12)14-7-3-5-8-16-14/h3,5,7-8,11,20H,2,4,6,9-10H2,1H3,(H,17,21). The minimum atomic E-state index is -0.126. The zero-order valence-corrected chi connectivity index (χ0v) is 12.1. The molecule has 2 aromatic heterocycles. The van der Waals surface area contributed by atoms with Crippen molar-refractivity contribution in [3.63, 3.8) is 0 Å². The van der Waals surface area contributed by atoms with E-state index in [4.69, 9.17) is 5.11 Å². The number of carbonyl (C=O) groups is 1. The predicted octanol–water partition coefficient (Wildman–Crippen LogP) is 1.47. The van der Waals surface area contributed by atoms with Gasteiger partial charge in [-0.2, -0.15) is 5.10 Å². The summed E-state index contributed by atoms with van der Waals surface area (Å²) in [7, 11) is 0. The molecule has 0 spiro atoms. The minimum Gasteiger partial charge on any atom is -0.396 e. The molecule has 2 rings (SSSR count). The first-order chi connectivity index (χ1) is 10.2. The fourth-order valence-electron chi connectivity index (χ4n) is 2.05. The van der Waals surface area contributed by atoms with E-state index in [2.05, 4.69) is 15.4 Å². The molecule has 2 aromatic rings. The molecule has 0 aromatic carbocycles. The number of nitrogens with zero attached hydrogens (tertiary/aromatic N) is 3. The lowest BCUT2D eigenvalue weighted by atomic mass is 10.2. The van der Waals surface area contributed by atoms with Gasteiger partial charge in [-0.25, -0.2) is 9.67 Å². The molecule has 21 heavy (non-hydrogen) atoms. The van der Waals surface area contributed by atoms with Gasteiger partial charge in [0.2, 0.25) is 0 Å². The maximum absolute atomic E-state index is 12.1. The van der Waals surface area contributed by atoms with E-state index in [1.54, 1.807) is 17.1 Å². The molecule has 0 atom stereocenters. The maximum Gasteiger partial charge on any atom is 0.254 e. The van der Waals surface area contributed by atoms with Gasteiger partial charge in [-0.3, -0.25) is 4.79 Å². The van der Waals surface area contributed by atoms with Gasteiger partial charge in [-0.15, -0.1) is 0 Å². The molecule has 0 saturated carbocycles. The third-order valence-corrected chi connectivity index (χ3v) is 3.24. The highest BCUT2D eigenvalue weighted by Crippen LogP contribution is 2.11. The topological polar surface area (TPSA) is 80.0 Å². The van der Waals surface area contributed by atoms with Crippen LogP contribution in [0.4, 0.5) is 0 Å². The molecule has 0 aliphatic carbocycles. The normalized spacial score (nSPS) is 10.6. The summed E-state index contributed by atoms with van der Waals surface area (Å²) in [6.45, 7) is 2.65. The number of aromatic nitrogens is 3. The molecule has 1 amide bonds. The average Bonchev–Trinajstić information content (AvgIpc) is 2.89. The van der Waals surface area contributed by atoms with Crippen LogP contribution in [-0.4, -0.2) is 38.9 Å². The van der Waals surface area contributed by atoms with Gasteiger partial charge in [0.15, 0.2) is 5.82 Å². The number of rotatable bonds is 7. The Morgan fingerprint density at radius 3 is 2.90 bits per heavy atom. The molecule has 0 bridgehead atoms. The Hall–Kier alpha value is -2.21. The van der Waals surface area contributed by atoms with E-state index in [-0.39, 0.29) is 12.5 Å². The highest BCUT2D eigenvalue weighted by molar-refractivity contribution is 5.95. The molecule has 0 fully saturated rings. The predicted molar refractivity (Wildman–Crippen MR) is 79.4 cm³/mol. The number of amides is 1. The highest BCUT2D eigenvalue weighted by Gasteiger charge is 2.14. The van der Waals surface area contributed by atoms with Crippen LogP contribution in [0.3, 0.4) is 0 Å². The molecule has 2 N–H and O–H groups in total. The van der Waals surface area contributed by atoms with Crippen LogP contribution in [0.1, 0.15) is 35.3 Å². The van der Waals surface area contributed by atoms with Crippen molar-refractivity contribution in [3.8, 4) is 5.82 Å². The molecule has 0 aliphatic heterocycles. The lowest BCUT2D eigenvalue weighted by Crippen LogP contribution is -2.25. The number of aliphatic hydroxyl groups is 1. The third-order valence-electron chi connectivity index (χ3n) is 3.24. The van der Waals surface area contributed by atoms with Gasteiger partial charge in [-0.1, -0.05) is 6.07 Å². The van der Waals surface area contributed by atoms with Crippen molar-refractivity contribution in [1.29, 1.82) is 0 Å². The van der Waals surface area contributed by atoms with Crippen molar-refractivity contribution in [2.75, 3.05) is 13.2 Å². The van der Waals surface area contributed by atoms with Crippen LogP contribution >= 0.6 is 0 Å². The minimum absolute atomic E-state index is 0.126. The van der Waals surface area contributed by atoms with E-state index in [9.17, 15) is 4.79 Å². The van der Waals surface area contributed by atoms with Crippen molar-refractivity contribution in [2.45, 2.75) is 26.2 Å². The smallest absolute Gasteiger partial charge is 0.254 e. The van der Waals surface area contributed by atoms with E-state index >= 15 is 0 Å². The third kappa shape index (κ3) is 3.88. The molecular weight excluding hydrogens is 268 g/mol. The number of pyridine rings is 1. The first kappa shape index (κ1) is 15.2. The number of carbonyl (C=O) groups excluding carboxylic acids is 1. The van der Waals surface area contributed by atoms with Crippen LogP contribution in [0.2, 0.25) is 0 Å². The number of hydrogen-bond acceptors (Lipinski definition) is 4. The van der Waals surface area contributed by atoms with Crippen LogP contribution in [-0.2, 0) is 0 Å². The van der Waals surface area contributed by atoms with Gasteiger partial charge >= 0.3 is 0 Å². The number of aliphatic hydroxyl groups excluding tert-OH is 1. The Morgan fingerprint density at radius 2 is 2.19 bits per heavy atom. The van der Waals surface area contributed by atoms with Crippen molar-refractivity contribution in [2.24, 2.45) is 0 Å². The molecule has 0 unspecified atom stereocenters.